The number of nitrogens with zero attached hydrogens (tertiary/aromatic N) is 4. The molecule has 2 aliphatic rings. The van der Waals surface area contributed by atoms with Gasteiger partial charge in [-0.05, 0) is 62.1 Å². The fourth-order valence-electron chi connectivity index (χ4n) is 5.30. The number of carbonyl (C=O) groups is 1. The van der Waals surface area contributed by atoms with E-state index in [2.05, 4.69) is 4.90 Å². The van der Waals surface area contributed by atoms with Gasteiger partial charge < -0.3 is 4.74 Å². The second-order valence-electron chi connectivity index (χ2n) is 9.93. The number of fused-ring (bicyclic) bond motifs is 1. The standard InChI is InChI=1S/C28H36N4O4S2/c1-2-23-8-5-6-17-32(23)38(34,35)24-13-11-22(12-14-24)27(33)31(16-7-15-30-18-20-36-21-19-30)28-29-25-9-3-4-10-26(25)37-28/h3-4,9-14,23H,2,5-8,15-21H2,1H3. The summed E-state index contributed by atoms with van der Waals surface area (Å²) in [4.78, 5) is 22.9. The zero-order chi connectivity index (χ0) is 26.5. The highest BCUT2D eigenvalue weighted by atomic mass is 32.2. The van der Waals surface area contributed by atoms with Crippen LogP contribution in [0.5, 0.6) is 0 Å². The van der Waals surface area contributed by atoms with E-state index >= 15 is 0 Å². The van der Waals surface area contributed by atoms with Gasteiger partial charge in [-0.1, -0.05) is 36.8 Å². The minimum atomic E-state index is -3.60. The molecule has 1 unspecified atom stereocenters. The lowest BCUT2D eigenvalue weighted by Gasteiger charge is -2.34. The molecule has 8 nitrogen and oxygen atoms in total. The molecule has 204 valence electrons. The number of piperidine rings is 1. The molecule has 2 fully saturated rings. The maximum atomic E-state index is 13.8. The van der Waals surface area contributed by atoms with Crippen molar-refractivity contribution in [2.24, 2.45) is 0 Å². The third-order valence-corrected chi connectivity index (χ3v) is 10.5. The van der Waals surface area contributed by atoms with Gasteiger partial charge in [0, 0.05) is 44.3 Å². The van der Waals surface area contributed by atoms with Crippen molar-refractivity contribution in [1.29, 1.82) is 0 Å². The summed E-state index contributed by atoms with van der Waals surface area (Å²) in [7, 11) is -3.60. The fraction of sp³-hybridized carbons (Fsp3) is 0.500. The van der Waals surface area contributed by atoms with E-state index in [1.807, 2.05) is 31.2 Å². The van der Waals surface area contributed by atoms with Gasteiger partial charge in [-0.2, -0.15) is 4.31 Å². The van der Waals surface area contributed by atoms with Gasteiger partial charge in [-0.25, -0.2) is 13.4 Å². The van der Waals surface area contributed by atoms with Crippen molar-refractivity contribution in [3.63, 3.8) is 0 Å². The van der Waals surface area contributed by atoms with Gasteiger partial charge >= 0.3 is 0 Å². The Balaban J connectivity index is 1.36. The van der Waals surface area contributed by atoms with Crippen molar-refractivity contribution < 1.29 is 17.9 Å². The largest absolute Gasteiger partial charge is 0.379 e. The van der Waals surface area contributed by atoms with Crippen molar-refractivity contribution >= 4 is 42.6 Å². The Morgan fingerprint density at radius 1 is 1.08 bits per heavy atom. The topological polar surface area (TPSA) is 83.1 Å². The first-order valence-electron chi connectivity index (χ1n) is 13.6. The SMILES string of the molecule is CCC1CCCCN1S(=O)(=O)c1ccc(C(=O)N(CCCN2CCOCC2)c2nc3ccccc3s2)cc1. The van der Waals surface area contributed by atoms with Crippen molar-refractivity contribution in [3.05, 3.63) is 54.1 Å². The summed E-state index contributed by atoms with van der Waals surface area (Å²) in [5.41, 5.74) is 1.33. The zero-order valence-corrected chi connectivity index (χ0v) is 23.6. The molecule has 0 saturated carbocycles. The molecule has 2 aliphatic heterocycles. The molecular weight excluding hydrogens is 520 g/mol. The molecule has 2 aromatic carbocycles. The van der Waals surface area contributed by atoms with Gasteiger partial charge in [0.2, 0.25) is 10.0 Å². The Labute approximate surface area is 229 Å². The molecule has 0 bridgehead atoms. The Bertz CT molecular complexity index is 1300. The van der Waals surface area contributed by atoms with E-state index in [9.17, 15) is 13.2 Å². The van der Waals surface area contributed by atoms with Gasteiger partial charge in [-0.3, -0.25) is 14.6 Å². The van der Waals surface area contributed by atoms with Crippen molar-refractivity contribution in [2.45, 2.75) is 50.0 Å². The van der Waals surface area contributed by atoms with E-state index in [1.54, 1.807) is 33.5 Å². The molecule has 2 saturated heterocycles. The van der Waals surface area contributed by atoms with Crippen LogP contribution in [0.3, 0.4) is 0 Å². The van der Waals surface area contributed by atoms with Crippen molar-refractivity contribution in [1.82, 2.24) is 14.2 Å². The number of sulfonamides is 1. The number of thiazole rings is 1. The van der Waals surface area contributed by atoms with Crippen LogP contribution in [0.4, 0.5) is 5.13 Å². The van der Waals surface area contributed by atoms with Gasteiger partial charge in [0.05, 0.1) is 28.3 Å². The first-order chi connectivity index (χ1) is 18.5. The summed E-state index contributed by atoms with van der Waals surface area (Å²) in [6.45, 7) is 7.29. The van der Waals surface area contributed by atoms with Crippen LogP contribution in [-0.2, 0) is 14.8 Å². The summed E-state index contributed by atoms with van der Waals surface area (Å²) in [5, 5.41) is 0.661. The first kappa shape index (κ1) is 27.2. The average molecular weight is 557 g/mol. The van der Waals surface area contributed by atoms with E-state index in [0.717, 1.165) is 75.2 Å². The number of morpholine rings is 1. The molecule has 1 amide bonds. The van der Waals surface area contributed by atoms with Crippen LogP contribution >= 0.6 is 11.3 Å². The number of rotatable bonds is 9. The Morgan fingerprint density at radius 2 is 1.84 bits per heavy atom. The van der Waals surface area contributed by atoms with Crippen LogP contribution < -0.4 is 4.90 Å². The summed E-state index contributed by atoms with van der Waals surface area (Å²) >= 11 is 1.50. The second-order valence-corrected chi connectivity index (χ2v) is 12.8. The number of benzene rings is 2. The number of anilines is 1. The number of para-hydroxylation sites is 1. The molecule has 38 heavy (non-hydrogen) atoms. The van der Waals surface area contributed by atoms with Gasteiger partial charge in [-0.15, -0.1) is 0 Å². The van der Waals surface area contributed by atoms with E-state index < -0.39 is 10.0 Å². The van der Waals surface area contributed by atoms with Crippen LogP contribution in [0.2, 0.25) is 0 Å². The summed E-state index contributed by atoms with van der Waals surface area (Å²) in [5.74, 6) is -0.167. The lowest BCUT2D eigenvalue weighted by Crippen LogP contribution is -2.43. The molecular formula is C28H36N4O4S2. The lowest BCUT2D eigenvalue weighted by atomic mass is 10.0. The number of aromatic nitrogens is 1. The van der Waals surface area contributed by atoms with Gasteiger partial charge in [0.1, 0.15) is 0 Å². The summed E-state index contributed by atoms with van der Waals surface area (Å²) in [6.07, 6.45) is 4.45. The molecule has 0 radical (unpaired) electrons. The number of carbonyl (C=O) groups excluding carboxylic acids is 1. The molecule has 1 atom stereocenters. The summed E-state index contributed by atoms with van der Waals surface area (Å²) in [6, 6.07) is 14.4. The van der Waals surface area contributed by atoms with Crippen molar-refractivity contribution in [2.75, 3.05) is 50.8 Å². The predicted molar refractivity (Wildman–Crippen MR) is 151 cm³/mol. The van der Waals surface area contributed by atoms with Crippen LogP contribution in [0.1, 0.15) is 49.4 Å². The Kier molecular flexibility index (Phi) is 8.74. The fourth-order valence-corrected chi connectivity index (χ4v) is 8.05. The third kappa shape index (κ3) is 5.94. The van der Waals surface area contributed by atoms with Gasteiger partial charge in [0.25, 0.3) is 5.91 Å². The summed E-state index contributed by atoms with van der Waals surface area (Å²) < 4.78 is 34.9. The minimum Gasteiger partial charge on any atom is -0.379 e. The van der Waals surface area contributed by atoms with E-state index in [4.69, 9.17) is 9.72 Å². The van der Waals surface area contributed by atoms with Gasteiger partial charge in [0.15, 0.2) is 5.13 Å². The van der Waals surface area contributed by atoms with Crippen molar-refractivity contribution in [3.8, 4) is 0 Å². The highest BCUT2D eigenvalue weighted by molar-refractivity contribution is 7.89. The quantitative estimate of drug-likeness (QED) is 0.383. The van der Waals surface area contributed by atoms with E-state index in [-0.39, 0.29) is 16.8 Å². The first-order valence-corrected chi connectivity index (χ1v) is 15.8. The van der Waals surface area contributed by atoms with Crippen LogP contribution in [0.25, 0.3) is 10.2 Å². The number of hydrogen-bond donors (Lipinski definition) is 0. The number of ether oxygens (including phenoxy) is 1. The molecule has 1 aromatic heterocycles. The lowest BCUT2D eigenvalue weighted by molar-refractivity contribution is 0.0376. The predicted octanol–water partition coefficient (Wildman–Crippen LogP) is 4.62. The average Bonchev–Trinajstić information content (AvgIpc) is 3.39. The van der Waals surface area contributed by atoms with Crippen LogP contribution in [0.15, 0.2) is 53.4 Å². The molecule has 0 N–H and O–H groups in total. The third-order valence-electron chi connectivity index (χ3n) is 7.47. The normalized spacial score (nSPS) is 19.6. The molecule has 0 aliphatic carbocycles. The monoisotopic (exact) mass is 556 g/mol. The number of amides is 1. The van der Waals surface area contributed by atoms with E-state index in [0.29, 0.717) is 23.8 Å². The smallest absolute Gasteiger partial charge is 0.260 e. The molecule has 10 heteroatoms. The van der Waals surface area contributed by atoms with Crippen LogP contribution in [0, 0.1) is 0 Å². The Morgan fingerprint density at radius 3 is 2.58 bits per heavy atom. The maximum absolute atomic E-state index is 13.8. The molecule has 3 heterocycles. The highest BCUT2D eigenvalue weighted by Gasteiger charge is 2.32. The number of hydrogen-bond acceptors (Lipinski definition) is 7. The second kappa shape index (κ2) is 12.2. The Hall–Kier alpha value is -2.37. The van der Waals surface area contributed by atoms with Crippen LogP contribution in [-0.4, -0.2) is 80.5 Å². The maximum Gasteiger partial charge on any atom is 0.260 e. The molecule has 3 aromatic rings. The highest BCUT2D eigenvalue weighted by Crippen LogP contribution is 2.31. The minimum absolute atomic E-state index is 0.0380. The molecule has 0 spiro atoms. The van der Waals surface area contributed by atoms with E-state index in [1.165, 1.54) is 11.3 Å². The molecule has 5 rings (SSSR count). The zero-order valence-electron chi connectivity index (χ0n) is 21.9.